The first kappa shape index (κ1) is 11.8. The zero-order chi connectivity index (χ0) is 12.3. The van der Waals surface area contributed by atoms with Crippen LogP contribution >= 0.6 is 0 Å². The summed E-state index contributed by atoms with van der Waals surface area (Å²) in [4.78, 5) is 12.9. The van der Waals surface area contributed by atoms with E-state index in [1.165, 1.54) is 12.5 Å². The van der Waals surface area contributed by atoms with Crippen molar-refractivity contribution in [2.45, 2.75) is 26.2 Å². The quantitative estimate of drug-likeness (QED) is 0.846. The number of aromatic nitrogens is 2. The van der Waals surface area contributed by atoms with Gasteiger partial charge in [-0.15, -0.1) is 10.2 Å². The summed E-state index contributed by atoms with van der Waals surface area (Å²) in [6.45, 7) is 4.22. The third kappa shape index (κ3) is 2.93. The summed E-state index contributed by atoms with van der Waals surface area (Å²) in [6.07, 6.45) is 3.56. The minimum atomic E-state index is -1.03. The second kappa shape index (κ2) is 5.12. The number of carbonyl (C=O) groups is 1. The Bertz CT molecular complexity index is 391. The Hall–Kier alpha value is -1.65. The Morgan fingerprint density at radius 3 is 2.82 bits per heavy atom. The van der Waals surface area contributed by atoms with Crippen LogP contribution in [0.2, 0.25) is 0 Å². The molecule has 0 saturated carbocycles. The van der Waals surface area contributed by atoms with Gasteiger partial charge in [-0.05, 0) is 37.3 Å². The second-order valence-corrected chi connectivity index (χ2v) is 4.61. The van der Waals surface area contributed by atoms with Gasteiger partial charge in [0, 0.05) is 13.1 Å². The Balaban J connectivity index is 2.08. The fraction of sp³-hybridized carbons (Fsp3) is 0.583. The summed E-state index contributed by atoms with van der Waals surface area (Å²) in [5.41, 5.74) is -0.00283. The summed E-state index contributed by atoms with van der Waals surface area (Å²) in [5, 5.41) is 16.4. The first-order valence-electron chi connectivity index (χ1n) is 5.99. The highest BCUT2D eigenvalue weighted by molar-refractivity contribution is 5.85. The average Bonchev–Trinajstić information content (AvgIpc) is 2.54. The summed E-state index contributed by atoms with van der Waals surface area (Å²) in [7, 11) is 0. The molecule has 1 unspecified atom stereocenters. The summed E-state index contributed by atoms with van der Waals surface area (Å²) in [6, 6.07) is 3.26. The largest absolute Gasteiger partial charge is 0.476 e. The Labute approximate surface area is 100 Å². The molecule has 1 fully saturated rings. The molecule has 1 atom stereocenters. The molecule has 0 aromatic carbocycles. The molecule has 0 bridgehead atoms. The van der Waals surface area contributed by atoms with Gasteiger partial charge in [-0.2, -0.15) is 0 Å². The number of aromatic carboxylic acids is 1. The van der Waals surface area contributed by atoms with E-state index in [0.29, 0.717) is 0 Å². The topological polar surface area (TPSA) is 66.3 Å². The average molecular weight is 235 g/mol. The lowest BCUT2D eigenvalue weighted by atomic mass is 10.0. The smallest absolute Gasteiger partial charge is 0.356 e. The molecule has 5 heteroatoms. The lowest BCUT2D eigenvalue weighted by molar-refractivity contribution is 0.0689. The molecule has 2 heterocycles. The Morgan fingerprint density at radius 1 is 1.35 bits per heavy atom. The normalized spacial score (nSPS) is 21.0. The molecular weight excluding hydrogens is 218 g/mol. The first-order valence-corrected chi connectivity index (χ1v) is 5.99. The zero-order valence-electron chi connectivity index (χ0n) is 9.96. The standard InChI is InChI=1S/C12H17N3O2/c1-9-3-2-7-15(8-6-9)11-5-4-10(12(16)17)13-14-11/h4-5,9H,2-3,6-8H2,1H3,(H,16,17). The van der Waals surface area contributed by atoms with Crippen molar-refractivity contribution in [3.05, 3.63) is 17.8 Å². The van der Waals surface area contributed by atoms with Gasteiger partial charge in [-0.3, -0.25) is 0 Å². The number of rotatable bonds is 2. The third-order valence-corrected chi connectivity index (χ3v) is 3.21. The highest BCUT2D eigenvalue weighted by Crippen LogP contribution is 2.20. The lowest BCUT2D eigenvalue weighted by Gasteiger charge is -2.20. The summed E-state index contributed by atoms with van der Waals surface area (Å²) >= 11 is 0. The van der Waals surface area contributed by atoms with Gasteiger partial charge in [0.1, 0.15) is 0 Å². The molecule has 1 N–H and O–H groups in total. The lowest BCUT2D eigenvalue weighted by Crippen LogP contribution is -2.25. The van der Waals surface area contributed by atoms with Crippen LogP contribution in [-0.4, -0.2) is 34.4 Å². The van der Waals surface area contributed by atoms with Crippen LogP contribution in [0.5, 0.6) is 0 Å². The molecule has 1 aromatic heterocycles. The highest BCUT2D eigenvalue weighted by atomic mass is 16.4. The van der Waals surface area contributed by atoms with Crippen LogP contribution < -0.4 is 4.90 Å². The number of anilines is 1. The van der Waals surface area contributed by atoms with Gasteiger partial charge >= 0.3 is 5.97 Å². The number of carboxylic acid groups (broad SMARTS) is 1. The van der Waals surface area contributed by atoms with Crippen molar-refractivity contribution >= 4 is 11.8 Å². The molecular formula is C12H17N3O2. The molecule has 17 heavy (non-hydrogen) atoms. The maximum atomic E-state index is 10.7. The van der Waals surface area contributed by atoms with Crippen LogP contribution in [0.25, 0.3) is 0 Å². The molecule has 92 valence electrons. The number of hydrogen-bond donors (Lipinski definition) is 1. The predicted molar refractivity (Wildman–Crippen MR) is 64.2 cm³/mol. The van der Waals surface area contributed by atoms with E-state index in [1.54, 1.807) is 6.07 Å². The maximum absolute atomic E-state index is 10.7. The molecule has 0 spiro atoms. The maximum Gasteiger partial charge on any atom is 0.356 e. The van der Waals surface area contributed by atoms with Gasteiger partial charge in [0.15, 0.2) is 11.5 Å². The molecule has 1 aliphatic rings. The van der Waals surface area contributed by atoms with Crippen LogP contribution in [-0.2, 0) is 0 Å². The summed E-state index contributed by atoms with van der Waals surface area (Å²) < 4.78 is 0. The van der Waals surface area contributed by atoms with Crippen molar-refractivity contribution in [1.82, 2.24) is 10.2 Å². The van der Waals surface area contributed by atoms with E-state index >= 15 is 0 Å². The minimum Gasteiger partial charge on any atom is -0.476 e. The van der Waals surface area contributed by atoms with Gasteiger partial charge in [-0.25, -0.2) is 4.79 Å². The number of carboxylic acids is 1. The van der Waals surface area contributed by atoms with E-state index in [0.717, 1.165) is 37.7 Å². The van der Waals surface area contributed by atoms with Crippen molar-refractivity contribution in [2.24, 2.45) is 5.92 Å². The van der Waals surface area contributed by atoms with Crippen molar-refractivity contribution in [2.75, 3.05) is 18.0 Å². The van der Waals surface area contributed by atoms with Crippen molar-refractivity contribution in [3.8, 4) is 0 Å². The van der Waals surface area contributed by atoms with E-state index in [-0.39, 0.29) is 5.69 Å². The first-order chi connectivity index (χ1) is 8.16. The highest BCUT2D eigenvalue weighted by Gasteiger charge is 2.15. The fourth-order valence-electron chi connectivity index (χ4n) is 2.10. The molecule has 5 nitrogen and oxygen atoms in total. The predicted octanol–water partition coefficient (Wildman–Crippen LogP) is 1.80. The van der Waals surface area contributed by atoms with E-state index in [2.05, 4.69) is 22.0 Å². The fourth-order valence-corrected chi connectivity index (χ4v) is 2.10. The van der Waals surface area contributed by atoms with Crippen molar-refractivity contribution < 1.29 is 9.90 Å². The van der Waals surface area contributed by atoms with E-state index in [1.807, 2.05) is 0 Å². The summed E-state index contributed by atoms with van der Waals surface area (Å²) in [5.74, 6) is 0.504. The Morgan fingerprint density at radius 2 is 2.18 bits per heavy atom. The minimum absolute atomic E-state index is 0.00283. The van der Waals surface area contributed by atoms with E-state index in [4.69, 9.17) is 5.11 Å². The third-order valence-electron chi connectivity index (χ3n) is 3.21. The molecule has 1 saturated heterocycles. The number of hydrogen-bond acceptors (Lipinski definition) is 4. The Kier molecular flexibility index (Phi) is 3.56. The van der Waals surface area contributed by atoms with E-state index in [9.17, 15) is 4.79 Å². The van der Waals surface area contributed by atoms with Gasteiger partial charge in [-0.1, -0.05) is 6.92 Å². The van der Waals surface area contributed by atoms with Crippen molar-refractivity contribution in [3.63, 3.8) is 0 Å². The van der Waals surface area contributed by atoms with Crippen LogP contribution in [0.15, 0.2) is 12.1 Å². The zero-order valence-corrected chi connectivity index (χ0v) is 9.96. The van der Waals surface area contributed by atoms with Crippen molar-refractivity contribution in [1.29, 1.82) is 0 Å². The van der Waals surface area contributed by atoms with Gasteiger partial charge in [0.2, 0.25) is 0 Å². The monoisotopic (exact) mass is 235 g/mol. The molecule has 0 radical (unpaired) electrons. The van der Waals surface area contributed by atoms with Crippen LogP contribution in [0, 0.1) is 5.92 Å². The van der Waals surface area contributed by atoms with Gasteiger partial charge in [0.25, 0.3) is 0 Å². The molecule has 1 aromatic rings. The number of nitrogens with zero attached hydrogens (tertiary/aromatic N) is 3. The molecule has 0 aliphatic carbocycles. The molecule has 2 rings (SSSR count). The van der Waals surface area contributed by atoms with E-state index < -0.39 is 5.97 Å². The molecule has 0 amide bonds. The second-order valence-electron chi connectivity index (χ2n) is 4.61. The van der Waals surface area contributed by atoms with Gasteiger partial charge < -0.3 is 10.0 Å². The molecule has 1 aliphatic heterocycles. The van der Waals surface area contributed by atoms with Crippen LogP contribution in [0.1, 0.15) is 36.7 Å². The van der Waals surface area contributed by atoms with Gasteiger partial charge in [0.05, 0.1) is 0 Å². The SMILES string of the molecule is CC1CCCN(c2ccc(C(=O)O)nn2)CC1. The van der Waals surface area contributed by atoms with Crippen LogP contribution in [0.3, 0.4) is 0 Å². The van der Waals surface area contributed by atoms with Crippen LogP contribution in [0.4, 0.5) is 5.82 Å².